The normalized spacial score (nSPS) is 15.3. The van der Waals surface area contributed by atoms with Gasteiger partial charge >= 0.3 is 0 Å². The molecule has 0 spiro atoms. The van der Waals surface area contributed by atoms with Gasteiger partial charge in [-0.2, -0.15) is 0 Å². The summed E-state index contributed by atoms with van der Waals surface area (Å²) in [4.78, 5) is 7.30. The Bertz CT molecular complexity index is 1090. The van der Waals surface area contributed by atoms with Gasteiger partial charge in [0.05, 0.1) is 31.5 Å². The van der Waals surface area contributed by atoms with Crippen LogP contribution in [0.2, 0.25) is 0 Å². The van der Waals surface area contributed by atoms with Crippen LogP contribution in [0.3, 0.4) is 0 Å². The summed E-state index contributed by atoms with van der Waals surface area (Å²) in [6, 6.07) is 22.3. The summed E-state index contributed by atoms with van der Waals surface area (Å²) in [6.45, 7) is 0.756. The number of amidine groups is 1. The number of methoxy groups -OCH3 is 2. The molecule has 1 aliphatic rings. The predicted octanol–water partition coefficient (Wildman–Crippen LogP) is 5.33. The highest BCUT2D eigenvalue weighted by Gasteiger charge is 2.33. The Kier molecular flexibility index (Phi) is 6.59. The van der Waals surface area contributed by atoms with Crippen molar-refractivity contribution in [2.45, 2.75) is 12.5 Å². The standard InChI is InChI=1S/C25H25BrN2O3/c1-30-19-10-11-20(23(16-19)31-2)25-27-22-12-9-18(26)15-21(22)24(28(25)13-6-14-29)17-7-4-3-5-8-17/h3-5,7-12,15-16,24,29H,6,13-14H2,1-2H3. The minimum atomic E-state index is -0.0421. The highest BCUT2D eigenvalue weighted by molar-refractivity contribution is 9.10. The van der Waals surface area contributed by atoms with E-state index < -0.39 is 0 Å². The Labute approximate surface area is 191 Å². The fourth-order valence-electron chi connectivity index (χ4n) is 3.98. The van der Waals surface area contributed by atoms with E-state index in [1.54, 1.807) is 14.2 Å². The number of aliphatic hydroxyl groups is 1. The average Bonchev–Trinajstić information content (AvgIpc) is 2.82. The van der Waals surface area contributed by atoms with Crippen molar-refractivity contribution in [2.75, 3.05) is 27.4 Å². The number of ether oxygens (including phenoxy) is 2. The van der Waals surface area contributed by atoms with Gasteiger partial charge in [-0.3, -0.25) is 0 Å². The number of aliphatic hydroxyl groups excluding tert-OH is 1. The van der Waals surface area contributed by atoms with Crippen LogP contribution in [-0.2, 0) is 0 Å². The maximum absolute atomic E-state index is 9.60. The molecule has 0 aromatic heterocycles. The zero-order valence-corrected chi connectivity index (χ0v) is 19.2. The number of fused-ring (bicyclic) bond motifs is 1. The zero-order valence-electron chi connectivity index (χ0n) is 17.6. The van der Waals surface area contributed by atoms with Crippen LogP contribution in [0.5, 0.6) is 11.5 Å². The maximum atomic E-state index is 9.60. The van der Waals surface area contributed by atoms with Crippen LogP contribution >= 0.6 is 15.9 Å². The summed E-state index contributed by atoms with van der Waals surface area (Å²) >= 11 is 3.62. The van der Waals surface area contributed by atoms with Crippen LogP contribution in [0, 0.1) is 0 Å². The van der Waals surface area contributed by atoms with Crippen LogP contribution in [0.1, 0.15) is 29.2 Å². The van der Waals surface area contributed by atoms with Crippen LogP contribution in [0.25, 0.3) is 0 Å². The van der Waals surface area contributed by atoms with Gasteiger partial charge in [0, 0.05) is 29.3 Å². The van der Waals surface area contributed by atoms with Gasteiger partial charge < -0.3 is 19.5 Å². The monoisotopic (exact) mass is 480 g/mol. The molecule has 3 aromatic carbocycles. The van der Waals surface area contributed by atoms with E-state index in [2.05, 4.69) is 51.2 Å². The molecule has 0 bridgehead atoms. The van der Waals surface area contributed by atoms with E-state index in [1.165, 1.54) is 5.56 Å². The number of nitrogens with zero attached hydrogens (tertiary/aromatic N) is 2. The largest absolute Gasteiger partial charge is 0.497 e. The van der Waals surface area contributed by atoms with Gasteiger partial charge in [-0.05, 0) is 42.3 Å². The van der Waals surface area contributed by atoms with Gasteiger partial charge in [0.1, 0.15) is 17.3 Å². The third-order valence-corrected chi connectivity index (χ3v) is 5.91. The SMILES string of the molecule is COc1ccc(C2=Nc3ccc(Br)cc3C(c3ccccc3)N2CCCO)c(OC)c1. The Morgan fingerprint density at radius 1 is 1.00 bits per heavy atom. The molecule has 1 heterocycles. The fraction of sp³-hybridized carbons (Fsp3) is 0.240. The number of hydrogen-bond acceptors (Lipinski definition) is 5. The first-order valence-corrected chi connectivity index (χ1v) is 11.0. The minimum Gasteiger partial charge on any atom is -0.497 e. The van der Waals surface area contributed by atoms with Crippen molar-refractivity contribution in [3.05, 3.63) is 87.9 Å². The smallest absolute Gasteiger partial charge is 0.141 e. The molecule has 160 valence electrons. The van der Waals surface area contributed by atoms with Gasteiger partial charge in [-0.1, -0.05) is 46.3 Å². The van der Waals surface area contributed by atoms with Crippen molar-refractivity contribution in [3.8, 4) is 11.5 Å². The second-order valence-electron chi connectivity index (χ2n) is 7.29. The molecule has 0 saturated heterocycles. The maximum Gasteiger partial charge on any atom is 0.141 e. The molecule has 3 aromatic rings. The predicted molar refractivity (Wildman–Crippen MR) is 127 cm³/mol. The molecule has 0 fully saturated rings. The number of rotatable bonds is 7. The molecule has 1 aliphatic heterocycles. The molecule has 1 atom stereocenters. The summed E-state index contributed by atoms with van der Waals surface area (Å²) in [7, 11) is 3.29. The Balaban J connectivity index is 1.94. The van der Waals surface area contributed by atoms with E-state index in [4.69, 9.17) is 14.5 Å². The molecule has 1 N–H and O–H groups in total. The topological polar surface area (TPSA) is 54.3 Å². The van der Waals surface area contributed by atoms with Crippen molar-refractivity contribution in [3.63, 3.8) is 0 Å². The number of hydrogen-bond donors (Lipinski definition) is 1. The van der Waals surface area contributed by atoms with Crippen molar-refractivity contribution in [1.29, 1.82) is 0 Å². The lowest BCUT2D eigenvalue weighted by Gasteiger charge is -2.39. The van der Waals surface area contributed by atoms with Gasteiger partial charge in [0.25, 0.3) is 0 Å². The third kappa shape index (κ3) is 4.31. The molecule has 6 heteroatoms. The highest BCUT2D eigenvalue weighted by atomic mass is 79.9. The molecule has 0 radical (unpaired) electrons. The lowest BCUT2D eigenvalue weighted by molar-refractivity contribution is 0.254. The van der Waals surface area contributed by atoms with Gasteiger partial charge in [-0.15, -0.1) is 0 Å². The molecule has 0 aliphatic carbocycles. The summed E-state index contributed by atoms with van der Waals surface area (Å²) < 4.78 is 12.1. The van der Waals surface area contributed by atoms with Crippen LogP contribution < -0.4 is 9.47 Å². The highest BCUT2D eigenvalue weighted by Crippen LogP contribution is 2.42. The lowest BCUT2D eigenvalue weighted by Crippen LogP contribution is -2.39. The minimum absolute atomic E-state index is 0.0421. The molecular formula is C25H25BrN2O3. The summed E-state index contributed by atoms with van der Waals surface area (Å²) in [5.41, 5.74) is 4.09. The molecular weight excluding hydrogens is 456 g/mol. The van der Waals surface area contributed by atoms with Gasteiger partial charge in [-0.25, -0.2) is 4.99 Å². The lowest BCUT2D eigenvalue weighted by atomic mass is 9.92. The fourth-order valence-corrected chi connectivity index (χ4v) is 4.36. The van der Waals surface area contributed by atoms with Crippen molar-refractivity contribution >= 4 is 27.5 Å². The molecule has 1 unspecified atom stereocenters. The van der Waals surface area contributed by atoms with Crippen LogP contribution in [0.15, 0.2) is 76.2 Å². The first kappa shape index (κ1) is 21.4. The molecule has 0 amide bonds. The third-order valence-electron chi connectivity index (χ3n) is 5.42. The summed E-state index contributed by atoms with van der Waals surface area (Å²) in [5, 5.41) is 9.60. The van der Waals surface area contributed by atoms with E-state index in [0.717, 1.165) is 32.9 Å². The van der Waals surface area contributed by atoms with Gasteiger partial charge in [0.2, 0.25) is 0 Å². The number of benzene rings is 3. The zero-order chi connectivity index (χ0) is 21.8. The van der Waals surface area contributed by atoms with Crippen molar-refractivity contribution in [1.82, 2.24) is 4.90 Å². The molecule has 5 nitrogen and oxygen atoms in total. The van der Waals surface area contributed by atoms with Crippen molar-refractivity contribution in [2.24, 2.45) is 4.99 Å². The number of halogens is 1. The Hall–Kier alpha value is -2.83. The van der Waals surface area contributed by atoms with Crippen LogP contribution in [-0.4, -0.2) is 43.2 Å². The molecule has 0 saturated carbocycles. The first-order chi connectivity index (χ1) is 15.2. The van der Waals surface area contributed by atoms with E-state index in [9.17, 15) is 5.11 Å². The molecule has 4 rings (SSSR count). The van der Waals surface area contributed by atoms with Crippen LogP contribution in [0.4, 0.5) is 5.69 Å². The van der Waals surface area contributed by atoms with E-state index in [-0.39, 0.29) is 12.6 Å². The second kappa shape index (κ2) is 9.54. The Morgan fingerprint density at radius 3 is 2.52 bits per heavy atom. The second-order valence-corrected chi connectivity index (χ2v) is 8.20. The number of aliphatic imine (C=N–C) groups is 1. The van der Waals surface area contributed by atoms with E-state index in [1.807, 2.05) is 36.4 Å². The summed E-state index contributed by atoms with van der Waals surface area (Å²) in [6.07, 6.45) is 0.629. The molecule has 31 heavy (non-hydrogen) atoms. The van der Waals surface area contributed by atoms with Crippen molar-refractivity contribution < 1.29 is 14.6 Å². The summed E-state index contributed by atoms with van der Waals surface area (Å²) in [5.74, 6) is 2.24. The Morgan fingerprint density at radius 2 is 1.81 bits per heavy atom. The average molecular weight is 481 g/mol. The van der Waals surface area contributed by atoms with Gasteiger partial charge in [0.15, 0.2) is 0 Å². The van der Waals surface area contributed by atoms with E-state index >= 15 is 0 Å². The first-order valence-electron chi connectivity index (χ1n) is 10.2. The van der Waals surface area contributed by atoms with E-state index in [0.29, 0.717) is 18.7 Å². The quantitative estimate of drug-likeness (QED) is 0.496.